The number of thiophene rings is 1. The maximum atomic E-state index is 12.9. The van der Waals surface area contributed by atoms with E-state index in [2.05, 4.69) is 11.4 Å². The van der Waals surface area contributed by atoms with Gasteiger partial charge in [0.2, 0.25) is 5.78 Å². The summed E-state index contributed by atoms with van der Waals surface area (Å²) < 4.78 is 0.843. The van der Waals surface area contributed by atoms with Crippen LogP contribution in [0.3, 0.4) is 0 Å². The molecule has 0 saturated heterocycles. The first kappa shape index (κ1) is 16.3. The number of nitriles is 1. The quantitative estimate of drug-likeness (QED) is 0.500. The molecule has 3 aromatic rings. The number of thioether (sulfide) groups is 1. The first-order valence-corrected chi connectivity index (χ1v) is 9.31. The summed E-state index contributed by atoms with van der Waals surface area (Å²) in [4.78, 5) is 13.5. The predicted molar refractivity (Wildman–Crippen MR) is 100 cm³/mol. The summed E-state index contributed by atoms with van der Waals surface area (Å²) in [6.45, 7) is 0. The molecule has 1 N–H and O–H groups in total. The Labute approximate surface area is 149 Å². The second kappa shape index (κ2) is 7.35. The van der Waals surface area contributed by atoms with E-state index in [4.69, 9.17) is 0 Å². The second-order valence-corrected chi connectivity index (χ2v) is 7.07. The van der Waals surface area contributed by atoms with Crippen LogP contribution in [0.1, 0.15) is 20.8 Å². The molecule has 0 saturated carbocycles. The van der Waals surface area contributed by atoms with Crippen LogP contribution in [0.2, 0.25) is 0 Å². The van der Waals surface area contributed by atoms with Crippen molar-refractivity contribution >= 4 is 40.3 Å². The molecule has 0 unspecified atom stereocenters. The Hall–Kier alpha value is -2.55. The maximum absolute atomic E-state index is 12.9. The van der Waals surface area contributed by atoms with Gasteiger partial charge in [-0.05, 0) is 18.4 Å². The molecule has 0 amide bonds. The van der Waals surface area contributed by atoms with Gasteiger partial charge in [0, 0.05) is 11.3 Å². The van der Waals surface area contributed by atoms with Gasteiger partial charge in [-0.25, -0.2) is 0 Å². The summed E-state index contributed by atoms with van der Waals surface area (Å²) in [6, 6.07) is 20.9. The highest BCUT2D eigenvalue weighted by molar-refractivity contribution is 8.00. The monoisotopic (exact) mass is 350 g/mol. The van der Waals surface area contributed by atoms with E-state index in [1.807, 2.05) is 54.8 Å². The standard InChI is InChI=1S/C19H14N2OS2/c1-23-19-15(12-20)16(21-14-10-6-3-7-11-14)18(24-19)17(22)13-8-4-2-5-9-13/h2-11,21H,1H3. The van der Waals surface area contributed by atoms with Crippen LogP contribution in [0.15, 0.2) is 64.9 Å². The van der Waals surface area contributed by atoms with Crippen LogP contribution in [0, 0.1) is 11.3 Å². The Morgan fingerprint density at radius 3 is 2.29 bits per heavy atom. The smallest absolute Gasteiger partial charge is 0.205 e. The van der Waals surface area contributed by atoms with Gasteiger partial charge in [-0.1, -0.05) is 48.5 Å². The minimum Gasteiger partial charge on any atom is -0.353 e. The highest BCUT2D eigenvalue weighted by Crippen LogP contribution is 2.40. The third-order valence-electron chi connectivity index (χ3n) is 3.46. The van der Waals surface area contributed by atoms with Gasteiger partial charge in [-0.15, -0.1) is 23.1 Å². The van der Waals surface area contributed by atoms with Gasteiger partial charge in [0.05, 0.1) is 9.90 Å². The Balaban J connectivity index is 2.10. The molecule has 0 aliphatic heterocycles. The van der Waals surface area contributed by atoms with Crippen molar-refractivity contribution in [1.82, 2.24) is 0 Å². The number of nitrogens with one attached hydrogen (secondary N) is 1. The molecule has 0 atom stereocenters. The zero-order valence-electron chi connectivity index (χ0n) is 12.9. The van der Waals surface area contributed by atoms with Crippen LogP contribution in [0.5, 0.6) is 0 Å². The molecule has 0 spiro atoms. The topological polar surface area (TPSA) is 52.9 Å². The molecule has 5 heteroatoms. The molecule has 24 heavy (non-hydrogen) atoms. The molecule has 2 aromatic carbocycles. The Morgan fingerprint density at radius 2 is 1.71 bits per heavy atom. The number of hydrogen-bond donors (Lipinski definition) is 1. The van der Waals surface area contributed by atoms with Gasteiger partial charge < -0.3 is 5.32 Å². The summed E-state index contributed by atoms with van der Waals surface area (Å²) in [6.07, 6.45) is 1.91. The SMILES string of the molecule is CSc1sc(C(=O)c2ccccc2)c(Nc2ccccc2)c1C#N. The van der Waals surface area contributed by atoms with E-state index in [-0.39, 0.29) is 5.78 Å². The molecule has 0 fully saturated rings. The molecule has 3 nitrogen and oxygen atoms in total. The van der Waals surface area contributed by atoms with Gasteiger partial charge in [-0.2, -0.15) is 5.26 Å². The molecule has 1 aromatic heterocycles. The average molecular weight is 350 g/mol. The Kier molecular flexibility index (Phi) is 4.99. The van der Waals surface area contributed by atoms with E-state index < -0.39 is 0 Å². The lowest BCUT2D eigenvalue weighted by Crippen LogP contribution is -2.03. The fraction of sp³-hybridized carbons (Fsp3) is 0.0526. The van der Waals surface area contributed by atoms with Crippen molar-refractivity contribution in [1.29, 1.82) is 5.26 Å². The van der Waals surface area contributed by atoms with E-state index in [1.54, 1.807) is 12.1 Å². The lowest BCUT2D eigenvalue weighted by molar-refractivity contribution is 0.104. The van der Waals surface area contributed by atoms with Crippen molar-refractivity contribution < 1.29 is 4.79 Å². The van der Waals surface area contributed by atoms with Gasteiger partial charge >= 0.3 is 0 Å². The van der Waals surface area contributed by atoms with Crippen molar-refractivity contribution in [2.75, 3.05) is 11.6 Å². The van der Waals surface area contributed by atoms with Crippen LogP contribution in [0.25, 0.3) is 0 Å². The van der Waals surface area contributed by atoms with Crippen LogP contribution in [-0.4, -0.2) is 12.0 Å². The van der Waals surface area contributed by atoms with E-state index in [0.29, 0.717) is 21.7 Å². The summed E-state index contributed by atoms with van der Waals surface area (Å²) in [5, 5.41) is 12.8. The summed E-state index contributed by atoms with van der Waals surface area (Å²) >= 11 is 2.84. The Bertz CT molecular complexity index is 896. The number of benzene rings is 2. The number of carbonyl (C=O) groups is 1. The number of ketones is 1. The molecule has 0 aliphatic carbocycles. The second-order valence-electron chi connectivity index (χ2n) is 4.97. The third-order valence-corrected chi connectivity index (χ3v) is 5.77. The van der Waals surface area contributed by atoms with Crippen molar-refractivity contribution in [3.05, 3.63) is 76.7 Å². The van der Waals surface area contributed by atoms with Crippen molar-refractivity contribution in [2.45, 2.75) is 4.21 Å². The first-order valence-electron chi connectivity index (χ1n) is 7.27. The number of anilines is 2. The van der Waals surface area contributed by atoms with Crippen LogP contribution >= 0.6 is 23.1 Å². The zero-order valence-corrected chi connectivity index (χ0v) is 14.6. The van der Waals surface area contributed by atoms with Crippen molar-refractivity contribution in [3.63, 3.8) is 0 Å². The summed E-state index contributed by atoms with van der Waals surface area (Å²) in [5.74, 6) is -0.0733. The van der Waals surface area contributed by atoms with E-state index in [1.165, 1.54) is 23.1 Å². The van der Waals surface area contributed by atoms with Crippen molar-refractivity contribution in [3.8, 4) is 6.07 Å². The highest BCUT2D eigenvalue weighted by atomic mass is 32.2. The normalized spacial score (nSPS) is 10.2. The van der Waals surface area contributed by atoms with Crippen LogP contribution in [-0.2, 0) is 0 Å². The molecule has 0 bridgehead atoms. The Morgan fingerprint density at radius 1 is 1.08 bits per heavy atom. The molecule has 118 valence electrons. The minimum atomic E-state index is -0.0733. The molecular weight excluding hydrogens is 336 g/mol. The molecular formula is C19H14N2OS2. The van der Waals surface area contributed by atoms with Gasteiger partial charge in [0.1, 0.15) is 16.5 Å². The average Bonchev–Trinajstić information content (AvgIpc) is 3.00. The fourth-order valence-electron chi connectivity index (χ4n) is 2.32. The minimum absolute atomic E-state index is 0.0733. The summed E-state index contributed by atoms with van der Waals surface area (Å²) in [7, 11) is 0. The number of hydrogen-bond acceptors (Lipinski definition) is 5. The number of nitrogens with zero attached hydrogens (tertiary/aromatic N) is 1. The first-order chi connectivity index (χ1) is 11.7. The molecule has 0 aliphatic rings. The van der Waals surface area contributed by atoms with E-state index >= 15 is 0 Å². The van der Waals surface area contributed by atoms with Gasteiger partial charge in [-0.3, -0.25) is 4.79 Å². The lowest BCUT2D eigenvalue weighted by Gasteiger charge is -2.08. The number of para-hydroxylation sites is 1. The lowest BCUT2D eigenvalue weighted by atomic mass is 10.1. The van der Waals surface area contributed by atoms with E-state index in [0.717, 1.165) is 9.90 Å². The largest absolute Gasteiger partial charge is 0.353 e. The summed E-state index contributed by atoms with van der Waals surface area (Å²) in [5.41, 5.74) is 2.58. The molecule has 1 heterocycles. The van der Waals surface area contributed by atoms with Crippen molar-refractivity contribution in [2.24, 2.45) is 0 Å². The van der Waals surface area contributed by atoms with Crippen LogP contribution < -0.4 is 5.32 Å². The number of rotatable bonds is 5. The third kappa shape index (κ3) is 3.21. The van der Waals surface area contributed by atoms with Crippen LogP contribution in [0.4, 0.5) is 11.4 Å². The fourth-order valence-corrected chi connectivity index (χ4v) is 4.16. The van der Waals surface area contributed by atoms with Gasteiger partial charge in [0.25, 0.3) is 0 Å². The molecule has 0 radical (unpaired) electrons. The molecule has 3 rings (SSSR count). The van der Waals surface area contributed by atoms with E-state index in [9.17, 15) is 10.1 Å². The maximum Gasteiger partial charge on any atom is 0.205 e. The number of carbonyl (C=O) groups excluding carboxylic acids is 1. The zero-order chi connectivity index (χ0) is 16.9. The predicted octanol–water partition coefficient (Wildman–Crippen LogP) is 5.32. The van der Waals surface area contributed by atoms with Gasteiger partial charge in [0.15, 0.2) is 0 Å². The highest BCUT2D eigenvalue weighted by Gasteiger charge is 2.23.